The number of carbonyl (C=O) groups excluding carboxylic acids is 2. The van der Waals surface area contributed by atoms with Crippen molar-refractivity contribution in [1.82, 2.24) is 5.32 Å². The van der Waals surface area contributed by atoms with Crippen LogP contribution in [0.4, 0.5) is 16.2 Å². The van der Waals surface area contributed by atoms with Crippen molar-refractivity contribution in [3.63, 3.8) is 0 Å². The number of carbonyl (C=O) groups is 2. The quantitative estimate of drug-likeness (QED) is 0.741. The maximum atomic E-state index is 12.2. The van der Waals surface area contributed by atoms with Gasteiger partial charge in [0.25, 0.3) is 0 Å². The standard InChI is InChI=1S/C20H25N3O2/c1-14-9-12-18(22-16(3)24)13-19(14)23-20(25)21-15(2)10-11-17-7-5-4-6-8-17/h4-9,12-13,15H,10-11H2,1-3H3,(H,22,24)(H2,21,23,25). The summed E-state index contributed by atoms with van der Waals surface area (Å²) in [4.78, 5) is 23.4. The summed E-state index contributed by atoms with van der Waals surface area (Å²) in [5.41, 5.74) is 3.53. The molecule has 0 saturated heterocycles. The Morgan fingerprint density at radius 1 is 1.04 bits per heavy atom. The molecule has 0 aliphatic rings. The molecule has 0 radical (unpaired) electrons. The number of aryl methyl sites for hydroxylation is 2. The molecule has 0 aliphatic heterocycles. The maximum Gasteiger partial charge on any atom is 0.319 e. The lowest BCUT2D eigenvalue weighted by Gasteiger charge is -2.16. The summed E-state index contributed by atoms with van der Waals surface area (Å²) in [6, 6.07) is 15.4. The second kappa shape index (κ2) is 8.87. The van der Waals surface area contributed by atoms with Gasteiger partial charge >= 0.3 is 6.03 Å². The zero-order chi connectivity index (χ0) is 18.2. The zero-order valence-electron chi connectivity index (χ0n) is 14.9. The molecule has 0 spiro atoms. The summed E-state index contributed by atoms with van der Waals surface area (Å²) in [6.07, 6.45) is 1.78. The van der Waals surface area contributed by atoms with Crippen LogP contribution in [0.3, 0.4) is 0 Å². The van der Waals surface area contributed by atoms with Crippen molar-refractivity contribution in [2.45, 2.75) is 39.7 Å². The van der Waals surface area contributed by atoms with Gasteiger partial charge in [-0.15, -0.1) is 0 Å². The van der Waals surface area contributed by atoms with Crippen LogP contribution in [0.25, 0.3) is 0 Å². The Kier molecular flexibility index (Phi) is 6.57. The SMILES string of the molecule is CC(=O)Nc1ccc(C)c(NC(=O)NC(C)CCc2ccccc2)c1. The van der Waals surface area contributed by atoms with Gasteiger partial charge in [-0.3, -0.25) is 4.79 Å². The van der Waals surface area contributed by atoms with Crippen molar-refractivity contribution >= 4 is 23.3 Å². The normalized spacial score (nSPS) is 11.5. The summed E-state index contributed by atoms with van der Waals surface area (Å²) in [5.74, 6) is -0.145. The molecule has 0 saturated carbocycles. The van der Waals surface area contributed by atoms with E-state index in [1.807, 2.05) is 44.2 Å². The molecule has 2 aromatic rings. The van der Waals surface area contributed by atoms with Crippen molar-refractivity contribution in [1.29, 1.82) is 0 Å². The molecule has 25 heavy (non-hydrogen) atoms. The number of nitrogens with one attached hydrogen (secondary N) is 3. The first kappa shape index (κ1) is 18.5. The minimum atomic E-state index is -0.247. The van der Waals surface area contributed by atoms with Crippen LogP contribution in [0.2, 0.25) is 0 Å². The first-order valence-electron chi connectivity index (χ1n) is 8.43. The highest BCUT2D eigenvalue weighted by Crippen LogP contribution is 2.20. The van der Waals surface area contributed by atoms with Crippen molar-refractivity contribution in [2.75, 3.05) is 10.6 Å². The summed E-state index contributed by atoms with van der Waals surface area (Å²) < 4.78 is 0. The van der Waals surface area contributed by atoms with E-state index in [0.29, 0.717) is 11.4 Å². The van der Waals surface area contributed by atoms with Gasteiger partial charge in [0.2, 0.25) is 5.91 Å². The smallest absolute Gasteiger partial charge is 0.319 e. The number of urea groups is 1. The van der Waals surface area contributed by atoms with Gasteiger partial charge < -0.3 is 16.0 Å². The van der Waals surface area contributed by atoms with Gasteiger partial charge in [-0.1, -0.05) is 36.4 Å². The van der Waals surface area contributed by atoms with Gasteiger partial charge in [0.15, 0.2) is 0 Å². The first-order valence-corrected chi connectivity index (χ1v) is 8.43. The van der Waals surface area contributed by atoms with E-state index >= 15 is 0 Å². The highest BCUT2D eigenvalue weighted by atomic mass is 16.2. The molecular weight excluding hydrogens is 314 g/mol. The minimum absolute atomic E-state index is 0.0547. The number of hydrogen-bond acceptors (Lipinski definition) is 2. The number of rotatable bonds is 6. The van der Waals surface area contributed by atoms with E-state index < -0.39 is 0 Å². The average Bonchev–Trinajstić information content (AvgIpc) is 2.56. The summed E-state index contributed by atoms with van der Waals surface area (Å²) in [5, 5.41) is 8.51. The predicted octanol–water partition coefficient (Wildman–Crippen LogP) is 4.10. The molecule has 5 nitrogen and oxygen atoms in total. The molecule has 0 fully saturated rings. The van der Waals surface area contributed by atoms with Gasteiger partial charge in [0.1, 0.15) is 0 Å². The lowest BCUT2D eigenvalue weighted by molar-refractivity contribution is -0.114. The third-order valence-electron chi connectivity index (χ3n) is 3.89. The van der Waals surface area contributed by atoms with Crippen LogP contribution in [0, 0.1) is 6.92 Å². The van der Waals surface area contributed by atoms with Crippen molar-refractivity contribution < 1.29 is 9.59 Å². The van der Waals surface area contributed by atoms with E-state index in [0.717, 1.165) is 18.4 Å². The van der Waals surface area contributed by atoms with Crippen LogP contribution in [0.5, 0.6) is 0 Å². The molecule has 1 unspecified atom stereocenters. The van der Waals surface area contributed by atoms with Crippen molar-refractivity contribution in [3.05, 3.63) is 59.7 Å². The fourth-order valence-corrected chi connectivity index (χ4v) is 2.52. The molecule has 0 aromatic heterocycles. The maximum absolute atomic E-state index is 12.2. The van der Waals surface area contributed by atoms with Crippen LogP contribution in [0.15, 0.2) is 48.5 Å². The Morgan fingerprint density at radius 3 is 2.44 bits per heavy atom. The van der Waals surface area contributed by atoms with E-state index in [1.165, 1.54) is 12.5 Å². The number of hydrogen-bond donors (Lipinski definition) is 3. The van der Waals surface area contributed by atoms with Crippen LogP contribution in [0.1, 0.15) is 31.4 Å². The van der Waals surface area contributed by atoms with Crippen molar-refractivity contribution in [3.8, 4) is 0 Å². The second-order valence-electron chi connectivity index (χ2n) is 6.23. The van der Waals surface area contributed by atoms with Gasteiger partial charge in [-0.25, -0.2) is 4.79 Å². The van der Waals surface area contributed by atoms with Crippen LogP contribution in [-0.2, 0) is 11.2 Å². The molecule has 0 bridgehead atoms. The summed E-state index contributed by atoms with van der Waals surface area (Å²) in [7, 11) is 0. The molecule has 0 heterocycles. The monoisotopic (exact) mass is 339 g/mol. The molecule has 5 heteroatoms. The third kappa shape index (κ3) is 6.30. The van der Waals surface area contributed by atoms with Crippen LogP contribution >= 0.6 is 0 Å². The van der Waals surface area contributed by atoms with E-state index in [4.69, 9.17) is 0 Å². The van der Waals surface area contributed by atoms with Gasteiger partial charge in [-0.05, 0) is 49.9 Å². The second-order valence-corrected chi connectivity index (χ2v) is 6.23. The van der Waals surface area contributed by atoms with Crippen molar-refractivity contribution in [2.24, 2.45) is 0 Å². The first-order chi connectivity index (χ1) is 11.9. The molecule has 3 amide bonds. The molecule has 3 N–H and O–H groups in total. The number of amides is 3. The topological polar surface area (TPSA) is 70.2 Å². The third-order valence-corrected chi connectivity index (χ3v) is 3.89. The predicted molar refractivity (Wildman–Crippen MR) is 102 cm³/mol. The van der Waals surface area contributed by atoms with E-state index in [9.17, 15) is 9.59 Å². The minimum Gasteiger partial charge on any atom is -0.335 e. The van der Waals surface area contributed by atoms with Crippen LogP contribution in [-0.4, -0.2) is 18.0 Å². The highest BCUT2D eigenvalue weighted by Gasteiger charge is 2.10. The molecule has 2 aromatic carbocycles. The molecule has 132 valence electrons. The number of benzene rings is 2. The van der Waals surface area contributed by atoms with Gasteiger partial charge in [0, 0.05) is 24.3 Å². The Balaban J connectivity index is 1.87. The van der Waals surface area contributed by atoms with E-state index in [1.54, 1.807) is 6.07 Å². The molecular formula is C20H25N3O2. The van der Waals surface area contributed by atoms with E-state index in [2.05, 4.69) is 28.1 Å². The summed E-state index contributed by atoms with van der Waals surface area (Å²) in [6.45, 7) is 5.35. The average molecular weight is 339 g/mol. The lowest BCUT2D eigenvalue weighted by atomic mass is 10.1. The Hall–Kier alpha value is -2.82. The Morgan fingerprint density at radius 2 is 1.76 bits per heavy atom. The lowest BCUT2D eigenvalue weighted by Crippen LogP contribution is -2.36. The molecule has 2 rings (SSSR count). The fourth-order valence-electron chi connectivity index (χ4n) is 2.52. The van der Waals surface area contributed by atoms with E-state index in [-0.39, 0.29) is 18.0 Å². The fraction of sp³-hybridized carbons (Fsp3) is 0.300. The Labute approximate surface area is 148 Å². The summed E-state index contributed by atoms with van der Waals surface area (Å²) >= 11 is 0. The van der Waals surface area contributed by atoms with Crippen LogP contribution < -0.4 is 16.0 Å². The zero-order valence-corrected chi connectivity index (χ0v) is 14.9. The van der Waals surface area contributed by atoms with Gasteiger partial charge in [-0.2, -0.15) is 0 Å². The molecule has 0 aliphatic carbocycles. The number of anilines is 2. The highest BCUT2D eigenvalue weighted by molar-refractivity contribution is 5.93. The largest absolute Gasteiger partial charge is 0.335 e. The van der Waals surface area contributed by atoms with Gasteiger partial charge in [0.05, 0.1) is 0 Å². The Bertz CT molecular complexity index is 729. The molecule has 1 atom stereocenters.